The van der Waals surface area contributed by atoms with Crippen LogP contribution in [0.1, 0.15) is 13.8 Å². The molecule has 2 aromatic rings. The molecular weight excluding hydrogens is 326 g/mol. The van der Waals surface area contributed by atoms with E-state index in [1.165, 1.54) is 11.8 Å². The Hall–Kier alpha value is -2.24. The second-order valence-electron chi connectivity index (χ2n) is 7.19. The fourth-order valence-electron chi connectivity index (χ4n) is 3.31. The van der Waals surface area contributed by atoms with E-state index < -0.39 is 0 Å². The third-order valence-corrected chi connectivity index (χ3v) is 4.89. The van der Waals surface area contributed by atoms with Crippen LogP contribution < -0.4 is 10.2 Å². The van der Waals surface area contributed by atoms with E-state index in [0.717, 1.165) is 50.4 Å². The van der Waals surface area contributed by atoms with Gasteiger partial charge in [0.05, 0.1) is 0 Å². The Morgan fingerprint density at radius 3 is 2.15 bits per heavy atom. The van der Waals surface area contributed by atoms with Crippen molar-refractivity contribution in [3.8, 4) is 22.6 Å². The van der Waals surface area contributed by atoms with Crippen molar-refractivity contribution >= 4 is 5.69 Å². The Bertz CT molecular complexity index is 708. The highest BCUT2D eigenvalue weighted by molar-refractivity contribution is 5.69. The maximum absolute atomic E-state index is 9.67. The third kappa shape index (κ3) is 4.68. The van der Waals surface area contributed by atoms with Gasteiger partial charge in [-0.25, -0.2) is 0 Å². The number of piperazine rings is 1. The predicted octanol–water partition coefficient (Wildman–Crippen LogP) is 2.88. The summed E-state index contributed by atoms with van der Waals surface area (Å²) in [5, 5.41) is 22.6. The minimum absolute atomic E-state index is 0.0883. The largest absolute Gasteiger partial charge is 0.504 e. The van der Waals surface area contributed by atoms with Gasteiger partial charge in [-0.05, 0) is 35.4 Å². The lowest BCUT2D eigenvalue weighted by Gasteiger charge is -2.36. The van der Waals surface area contributed by atoms with Crippen LogP contribution in [0.25, 0.3) is 11.1 Å². The van der Waals surface area contributed by atoms with E-state index in [-0.39, 0.29) is 11.5 Å². The van der Waals surface area contributed by atoms with Crippen LogP contribution in [0, 0.1) is 0 Å². The fourth-order valence-corrected chi connectivity index (χ4v) is 3.31. The fraction of sp³-hybridized carbons (Fsp3) is 0.429. The van der Waals surface area contributed by atoms with Gasteiger partial charge in [0.2, 0.25) is 0 Å². The maximum atomic E-state index is 9.67. The van der Waals surface area contributed by atoms with Crippen molar-refractivity contribution in [1.29, 1.82) is 0 Å². The summed E-state index contributed by atoms with van der Waals surface area (Å²) in [5.41, 5.74) is 3.16. The molecule has 1 fully saturated rings. The van der Waals surface area contributed by atoms with Crippen molar-refractivity contribution in [2.45, 2.75) is 19.9 Å². The molecule has 0 spiro atoms. The summed E-state index contributed by atoms with van der Waals surface area (Å²) in [7, 11) is 0. The number of aromatic hydroxyl groups is 2. The monoisotopic (exact) mass is 355 g/mol. The van der Waals surface area contributed by atoms with Crippen molar-refractivity contribution in [3.05, 3.63) is 42.5 Å². The van der Waals surface area contributed by atoms with Gasteiger partial charge in [-0.3, -0.25) is 4.90 Å². The molecule has 1 aliphatic heterocycles. The van der Waals surface area contributed by atoms with E-state index in [9.17, 15) is 10.2 Å². The van der Waals surface area contributed by atoms with E-state index in [4.69, 9.17) is 0 Å². The molecule has 5 nitrogen and oxygen atoms in total. The second-order valence-corrected chi connectivity index (χ2v) is 7.19. The number of nitrogens with zero attached hydrogens (tertiary/aromatic N) is 2. The number of anilines is 1. The van der Waals surface area contributed by atoms with Gasteiger partial charge in [-0.15, -0.1) is 0 Å². The molecule has 0 amide bonds. The Morgan fingerprint density at radius 2 is 1.54 bits per heavy atom. The predicted molar refractivity (Wildman–Crippen MR) is 107 cm³/mol. The van der Waals surface area contributed by atoms with E-state index in [1.54, 1.807) is 6.07 Å². The molecule has 0 unspecified atom stereocenters. The van der Waals surface area contributed by atoms with Gasteiger partial charge >= 0.3 is 0 Å². The molecule has 26 heavy (non-hydrogen) atoms. The number of rotatable bonds is 6. The number of benzene rings is 2. The molecule has 0 bridgehead atoms. The number of nitrogens with one attached hydrogen (secondary N) is 1. The second kappa shape index (κ2) is 8.43. The molecule has 3 rings (SSSR count). The molecule has 0 atom stereocenters. The van der Waals surface area contributed by atoms with Crippen LogP contribution in [-0.4, -0.2) is 60.4 Å². The highest BCUT2D eigenvalue weighted by Gasteiger charge is 2.17. The lowest BCUT2D eigenvalue weighted by molar-refractivity contribution is 0.255. The molecule has 1 saturated heterocycles. The first kappa shape index (κ1) is 18.5. The smallest absolute Gasteiger partial charge is 0.158 e. The molecule has 0 saturated carbocycles. The zero-order valence-electron chi connectivity index (χ0n) is 15.7. The highest BCUT2D eigenvalue weighted by atomic mass is 16.3. The summed E-state index contributed by atoms with van der Waals surface area (Å²) >= 11 is 0. The number of hydrogen-bond acceptors (Lipinski definition) is 5. The molecular formula is C21H29N3O2. The Balaban J connectivity index is 1.55. The van der Waals surface area contributed by atoms with Crippen molar-refractivity contribution in [1.82, 2.24) is 10.2 Å². The summed E-state index contributed by atoms with van der Waals surface area (Å²) in [4.78, 5) is 4.93. The normalized spacial score (nSPS) is 15.6. The molecule has 2 aromatic carbocycles. The van der Waals surface area contributed by atoms with Gasteiger partial charge in [-0.2, -0.15) is 0 Å². The zero-order chi connectivity index (χ0) is 18.5. The summed E-state index contributed by atoms with van der Waals surface area (Å²) in [6.45, 7) is 10.8. The van der Waals surface area contributed by atoms with Gasteiger partial charge in [0.1, 0.15) is 0 Å². The molecule has 3 N–H and O–H groups in total. The zero-order valence-corrected chi connectivity index (χ0v) is 15.7. The Kier molecular flexibility index (Phi) is 6.01. The molecule has 0 aromatic heterocycles. The molecule has 1 aliphatic rings. The summed E-state index contributed by atoms with van der Waals surface area (Å²) < 4.78 is 0. The molecule has 5 heteroatoms. The summed E-state index contributed by atoms with van der Waals surface area (Å²) in [6.07, 6.45) is 0. The van der Waals surface area contributed by atoms with Gasteiger partial charge in [0.15, 0.2) is 11.5 Å². The van der Waals surface area contributed by atoms with Crippen molar-refractivity contribution in [2.24, 2.45) is 0 Å². The average molecular weight is 355 g/mol. The van der Waals surface area contributed by atoms with E-state index in [1.807, 2.05) is 6.07 Å². The van der Waals surface area contributed by atoms with Crippen LogP contribution in [0.15, 0.2) is 42.5 Å². The summed E-state index contributed by atoms with van der Waals surface area (Å²) in [6, 6.07) is 13.9. The van der Waals surface area contributed by atoms with E-state index >= 15 is 0 Å². The molecule has 0 aliphatic carbocycles. The van der Waals surface area contributed by atoms with Crippen LogP contribution in [0.5, 0.6) is 11.5 Å². The summed E-state index contributed by atoms with van der Waals surface area (Å²) in [5.74, 6) is -0.179. The first-order valence-corrected chi connectivity index (χ1v) is 9.36. The van der Waals surface area contributed by atoms with Gasteiger partial charge in [0.25, 0.3) is 0 Å². The molecule has 140 valence electrons. The molecule has 1 heterocycles. The topological polar surface area (TPSA) is 59.0 Å². The van der Waals surface area contributed by atoms with E-state index in [2.05, 4.69) is 53.2 Å². The van der Waals surface area contributed by atoms with Gasteiger partial charge < -0.3 is 20.4 Å². The number of hydrogen-bond donors (Lipinski definition) is 3. The SMILES string of the molecule is CC(C)NCCN1CCN(c2ccc(-c3ccc(O)c(O)c3)cc2)CC1. The molecule has 0 radical (unpaired) electrons. The van der Waals surface area contributed by atoms with Crippen molar-refractivity contribution < 1.29 is 10.2 Å². The first-order chi connectivity index (χ1) is 12.5. The van der Waals surface area contributed by atoms with Gasteiger partial charge in [-0.1, -0.05) is 32.0 Å². The lowest BCUT2D eigenvalue weighted by atomic mass is 10.0. The van der Waals surface area contributed by atoms with Crippen molar-refractivity contribution in [3.63, 3.8) is 0 Å². The van der Waals surface area contributed by atoms with Crippen LogP contribution >= 0.6 is 0 Å². The number of phenolic OH excluding ortho intramolecular Hbond substituents is 2. The van der Waals surface area contributed by atoms with E-state index in [0.29, 0.717) is 6.04 Å². The Labute approximate surface area is 155 Å². The van der Waals surface area contributed by atoms with Crippen LogP contribution in [-0.2, 0) is 0 Å². The highest BCUT2D eigenvalue weighted by Crippen LogP contribution is 2.31. The Morgan fingerprint density at radius 1 is 0.885 bits per heavy atom. The lowest BCUT2D eigenvalue weighted by Crippen LogP contribution is -2.48. The maximum Gasteiger partial charge on any atom is 0.158 e. The quantitative estimate of drug-likeness (QED) is 0.696. The minimum atomic E-state index is -0.0909. The standard InChI is InChI=1S/C21H29N3O2/c1-16(2)22-9-10-23-11-13-24(14-12-23)19-6-3-17(4-7-19)18-5-8-20(25)21(26)15-18/h3-8,15-16,22,25-26H,9-14H2,1-2H3. The van der Waals surface area contributed by atoms with Crippen LogP contribution in [0.3, 0.4) is 0 Å². The van der Waals surface area contributed by atoms with Crippen LogP contribution in [0.4, 0.5) is 5.69 Å². The van der Waals surface area contributed by atoms with Crippen LogP contribution in [0.2, 0.25) is 0 Å². The van der Waals surface area contributed by atoms with Crippen molar-refractivity contribution in [2.75, 3.05) is 44.2 Å². The first-order valence-electron chi connectivity index (χ1n) is 9.36. The van der Waals surface area contributed by atoms with Gasteiger partial charge in [0, 0.05) is 51.0 Å². The minimum Gasteiger partial charge on any atom is -0.504 e. The third-order valence-electron chi connectivity index (χ3n) is 4.89. The number of phenols is 2. The average Bonchev–Trinajstić information content (AvgIpc) is 2.64.